The molecule has 2 N–H and O–H groups in total. The first kappa shape index (κ1) is 28.4. The molecule has 210 valence electrons. The number of ether oxygens (including phenoxy) is 2. The number of carboxylic acid groups (broad SMARTS) is 1. The van der Waals surface area contributed by atoms with Gasteiger partial charge < -0.3 is 24.8 Å². The lowest BCUT2D eigenvalue weighted by Gasteiger charge is -2.40. The Labute approximate surface area is 223 Å². The number of allylic oxidation sites excluding steroid dienone is 1. The highest BCUT2D eigenvalue weighted by Crippen LogP contribution is 2.45. The molecule has 3 saturated carbocycles. The molecule has 7 heteroatoms. The highest BCUT2D eigenvalue weighted by Gasteiger charge is 2.43. The van der Waals surface area contributed by atoms with E-state index >= 15 is 0 Å². The van der Waals surface area contributed by atoms with Crippen LogP contribution in [0.15, 0.2) is 11.3 Å². The van der Waals surface area contributed by atoms with Crippen LogP contribution in [0.3, 0.4) is 0 Å². The SMILES string of the molecule is CC1=C(C)N(CC2CCCC(OCC(=O)O)C2)C2CCC(C(=O)NCC3CCCC(OC(C)C)C3)CC12. The Hall–Kier alpha value is -1.60. The number of nitrogens with one attached hydrogen (secondary N) is 1. The maximum atomic E-state index is 13.2. The Morgan fingerprint density at radius 1 is 0.973 bits per heavy atom. The van der Waals surface area contributed by atoms with Crippen LogP contribution in [-0.4, -0.2) is 65.9 Å². The summed E-state index contributed by atoms with van der Waals surface area (Å²) in [4.78, 5) is 26.7. The number of hydrogen-bond donors (Lipinski definition) is 2. The number of carboxylic acids is 1. The number of aliphatic carboxylic acids is 1. The highest BCUT2D eigenvalue weighted by molar-refractivity contribution is 5.78. The molecule has 0 spiro atoms. The van der Waals surface area contributed by atoms with E-state index in [4.69, 9.17) is 14.6 Å². The quantitative estimate of drug-likeness (QED) is 0.416. The van der Waals surface area contributed by atoms with Gasteiger partial charge in [0.05, 0.1) is 18.3 Å². The number of fused-ring (bicyclic) bond motifs is 1. The number of amides is 1. The van der Waals surface area contributed by atoms with Crippen molar-refractivity contribution in [1.82, 2.24) is 10.2 Å². The molecule has 3 aliphatic carbocycles. The van der Waals surface area contributed by atoms with Crippen LogP contribution < -0.4 is 5.32 Å². The summed E-state index contributed by atoms with van der Waals surface area (Å²) in [7, 11) is 0. The average molecular weight is 519 g/mol. The van der Waals surface area contributed by atoms with Gasteiger partial charge in [-0.3, -0.25) is 4.79 Å². The van der Waals surface area contributed by atoms with Gasteiger partial charge in [0.1, 0.15) is 6.61 Å². The van der Waals surface area contributed by atoms with Crippen LogP contribution in [0, 0.1) is 23.7 Å². The molecule has 3 fully saturated rings. The van der Waals surface area contributed by atoms with E-state index in [0.29, 0.717) is 29.9 Å². The van der Waals surface area contributed by atoms with Gasteiger partial charge in [0, 0.05) is 36.7 Å². The summed E-state index contributed by atoms with van der Waals surface area (Å²) in [5, 5.41) is 12.3. The molecule has 0 bridgehead atoms. The van der Waals surface area contributed by atoms with Crippen LogP contribution >= 0.6 is 0 Å². The number of hydrogen-bond acceptors (Lipinski definition) is 5. The van der Waals surface area contributed by atoms with Gasteiger partial charge in [0.25, 0.3) is 0 Å². The van der Waals surface area contributed by atoms with E-state index in [0.717, 1.165) is 64.5 Å². The molecule has 0 aromatic heterocycles. The smallest absolute Gasteiger partial charge is 0.329 e. The fourth-order valence-corrected chi connectivity index (χ4v) is 7.60. The summed E-state index contributed by atoms with van der Waals surface area (Å²) in [6, 6.07) is 0.497. The van der Waals surface area contributed by atoms with Crippen molar-refractivity contribution in [2.24, 2.45) is 23.7 Å². The molecule has 0 aromatic carbocycles. The molecular formula is C30H50N2O5. The summed E-state index contributed by atoms with van der Waals surface area (Å²) < 4.78 is 11.7. The first-order valence-electron chi connectivity index (χ1n) is 14.9. The van der Waals surface area contributed by atoms with Crippen molar-refractivity contribution in [2.45, 2.75) is 123 Å². The summed E-state index contributed by atoms with van der Waals surface area (Å²) >= 11 is 0. The average Bonchev–Trinajstić information content (AvgIpc) is 3.10. The Morgan fingerprint density at radius 3 is 2.41 bits per heavy atom. The Bertz CT molecular complexity index is 827. The molecule has 7 unspecified atom stereocenters. The molecule has 1 heterocycles. The largest absolute Gasteiger partial charge is 0.480 e. The molecule has 1 aliphatic heterocycles. The number of carbonyl (C=O) groups is 2. The molecule has 4 aliphatic rings. The minimum absolute atomic E-state index is 0.0643. The summed E-state index contributed by atoms with van der Waals surface area (Å²) in [5.74, 6) is 1.00. The summed E-state index contributed by atoms with van der Waals surface area (Å²) in [6.07, 6.45) is 12.4. The van der Waals surface area contributed by atoms with E-state index in [2.05, 4.69) is 37.9 Å². The predicted octanol–water partition coefficient (Wildman–Crippen LogP) is 5.14. The summed E-state index contributed by atoms with van der Waals surface area (Å²) in [5.41, 5.74) is 2.85. The normalized spacial score (nSPS) is 34.5. The molecular weight excluding hydrogens is 468 g/mol. The van der Waals surface area contributed by atoms with Crippen molar-refractivity contribution in [1.29, 1.82) is 0 Å². The third-order valence-corrected chi connectivity index (χ3v) is 9.54. The van der Waals surface area contributed by atoms with Crippen LogP contribution in [-0.2, 0) is 19.1 Å². The van der Waals surface area contributed by atoms with Gasteiger partial charge in [-0.25, -0.2) is 4.79 Å². The second-order valence-corrected chi connectivity index (χ2v) is 12.5. The van der Waals surface area contributed by atoms with Gasteiger partial charge in [-0.15, -0.1) is 0 Å². The Kier molecular flexibility index (Phi) is 9.96. The van der Waals surface area contributed by atoms with E-state index in [1.54, 1.807) is 0 Å². The van der Waals surface area contributed by atoms with Crippen molar-refractivity contribution in [3.8, 4) is 0 Å². The molecule has 0 saturated heterocycles. The fraction of sp³-hybridized carbons (Fsp3) is 0.867. The van der Waals surface area contributed by atoms with Gasteiger partial charge in [-0.2, -0.15) is 0 Å². The second kappa shape index (κ2) is 13.0. The molecule has 1 amide bonds. The standard InChI is InChI=1S/C30H50N2O5/c1-19(2)37-26-10-5-7-22(13-26)16-31-30(35)24-11-12-28-27(15-24)20(3)21(4)32(28)17-23-8-6-9-25(14-23)36-18-29(33)34/h19,22-28H,5-18H2,1-4H3,(H,31,35)(H,33,34). The Balaban J connectivity index is 1.26. The molecule has 0 radical (unpaired) electrons. The van der Waals surface area contributed by atoms with Crippen molar-refractivity contribution < 1.29 is 24.2 Å². The summed E-state index contributed by atoms with van der Waals surface area (Å²) in [6.45, 7) is 10.3. The van der Waals surface area contributed by atoms with Crippen LogP contribution in [0.1, 0.15) is 98.3 Å². The van der Waals surface area contributed by atoms with E-state index in [1.807, 2.05) is 0 Å². The molecule has 0 aromatic rings. The van der Waals surface area contributed by atoms with Crippen molar-refractivity contribution >= 4 is 11.9 Å². The van der Waals surface area contributed by atoms with Gasteiger partial charge in [-0.05, 0) is 103 Å². The lowest BCUT2D eigenvalue weighted by Crippen LogP contribution is -2.44. The monoisotopic (exact) mass is 518 g/mol. The topological polar surface area (TPSA) is 88.1 Å². The number of nitrogens with zero attached hydrogens (tertiary/aromatic N) is 1. The lowest BCUT2D eigenvalue weighted by molar-refractivity contribution is -0.145. The van der Waals surface area contributed by atoms with Crippen molar-refractivity contribution in [3.63, 3.8) is 0 Å². The first-order chi connectivity index (χ1) is 17.7. The highest BCUT2D eigenvalue weighted by atomic mass is 16.5. The molecule has 37 heavy (non-hydrogen) atoms. The fourth-order valence-electron chi connectivity index (χ4n) is 7.60. The van der Waals surface area contributed by atoms with Crippen molar-refractivity contribution in [2.75, 3.05) is 19.7 Å². The lowest BCUT2D eigenvalue weighted by atomic mass is 9.75. The minimum Gasteiger partial charge on any atom is -0.480 e. The van der Waals surface area contributed by atoms with E-state index < -0.39 is 5.97 Å². The predicted molar refractivity (Wildman–Crippen MR) is 144 cm³/mol. The zero-order chi connectivity index (χ0) is 26.5. The van der Waals surface area contributed by atoms with Crippen LogP contribution in [0.5, 0.6) is 0 Å². The van der Waals surface area contributed by atoms with Gasteiger partial charge in [0.15, 0.2) is 0 Å². The van der Waals surface area contributed by atoms with Crippen LogP contribution in [0.25, 0.3) is 0 Å². The first-order valence-corrected chi connectivity index (χ1v) is 14.9. The maximum Gasteiger partial charge on any atom is 0.329 e. The zero-order valence-electron chi connectivity index (χ0n) is 23.5. The molecule has 7 nitrogen and oxygen atoms in total. The Morgan fingerprint density at radius 2 is 1.68 bits per heavy atom. The minimum atomic E-state index is -0.886. The molecule has 4 rings (SSSR count). The third kappa shape index (κ3) is 7.50. The number of carbonyl (C=O) groups excluding carboxylic acids is 1. The van der Waals surface area contributed by atoms with E-state index in [-0.39, 0.29) is 30.6 Å². The third-order valence-electron chi connectivity index (χ3n) is 9.54. The van der Waals surface area contributed by atoms with Crippen LogP contribution in [0.4, 0.5) is 0 Å². The zero-order valence-corrected chi connectivity index (χ0v) is 23.5. The van der Waals surface area contributed by atoms with E-state index in [1.165, 1.54) is 30.5 Å². The van der Waals surface area contributed by atoms with Crippen molar-refractivity contribution in [3.05, 3.63) is 11.3 Å². The van der Waals surface area contributed by atoms with Crippen LogP contribution in [0.2, 0.25) is 0 Å². The van der Waals surface area contributed by atoms with Gasteiger partial charge >= 0.3 is 5.97 Å². The van der Waals surface area contributed by atoms with E-state index in [9.17, 15) is 9.59 Å². The maximum absolute atomic E-state index is 13.2. The molecule has 7 atom stereocenters. The second-order valence-electron chi connectivity index (χ2n) is 12.5. The van der Waals surface area contributed by atoms with Gasteiger partial charge in [-0.1, -0.05) is 12.8 Å². The number of rotatable bonds is 10. The van der Waals surface area contributed by atoms with Gasteiger partial charge in [0.2, 0.25) is 5.91 Å².